The zero-order chi connectivity index (χ0) is 13.5. The molecular formula is C17H26N2. The van der Waals surface area contributed by atoms with Crippen molar-refractivity contribution in [3.05, 3.63) is 41.2 Å². The van der Waals surface area contributed by atoms with Crippen LogP contribution in [0.1, 0.15) is 63.3 Å². The maximum absolute atomic E-state index is 4.67. The number of likely N-dealkylation sites (N-methyl/N-ethyl adjacent to an activating group) is 1. The quantitative estimate of drug-likeness (QED) is 0.801. The lowest BCUT2D eigenvalue weighted by Gasteiger charge is -2.23. The van der Waals surface area contributed by atoms with Gasteiger partial charge in [0.2, 0.25) is 0 Å². The molecule has 1 heterocycles. The predicted octanol–water partition coefficient (Wildman–Crippen LogP) is 4.19. The Labute approximate surface area is 117 Å². The summed E-state index contributed by atoms with van der Waals surface area (Å²) < 4.78 is 0. The fourth-order valence-corrected chi connectivity index (χ4v) is 2.92. The van der Waals surface area contributed by atoms with Crippen molar-refractivity contribution in [2.24, 2.45) is 0 Å². The third-order valence-electron chi connectivity index (χ3n) is 3.94. The van der Waals surface area contributed by atoms with E-state index in [2.05, 4.69) is 36.3 Å². The van der Waals surface area contributed by atoms with Gasteiger partial charge in [0.25, 0.3) is 0 Å². The number of allylic oxidation sites excluding steroid dienone is 1. The number of nitrogens with one attached hydrogen (secondary N) is 1. The normalized spacial score (nSPS) is 17.7. The van der Waals surface area contributed by atoms with Gasteiger partial charge < -0.3 is 5.32 Å². The highest BCUT2D eigenvalue weighted by Gasteiger charge is 2.20. The second kappa shape index (κ2) is 7.44. The van der Waals surface area contributed by atoms with Crippen LogP contribution in [0.25, 0.3) is 0 Å². The van der Waals surface area contributed by atoms with E-state index in [0.717, 1.165) is 13.0 Å². The zero-order valence-corrected chi connectivity index (χ0v) is 12.3. The first-order chi connectivity index (χ1) is 9.36. The van der Waals surface area contributed by atoms with E-state index in [1.807, 2.05) is 12.3 Å². The van der Waals surface area contributed by atoms with E-state index >= 15 is 0 Å². The molecule has 0 radical (unpaired) electrons. The summed E-state index contributed by atoms with van der Waals surface area (Å²) in [5, 5.41) is 3.64. The summed E-state index contributed by atoms with van der Waals surface area (Å²) in [5.41, 5.74) is 4.16. The van der Waals surface area contributed by atoms with Crippen molar-refractivity contribution in [2.75, 3.05) is 6.54 Å². The van der Waals surface area contributed by atoms with Crippen LogP contribution in [-0.2, 0) is 6.42 Å². The Morgan fingerprint density at radius 3 is 2.95 bits per heavy atom. The topological polar surface area (TPSA) is 24.9 Å². The number of nitrogens with zero attached hydrogens (tertiary/aromatic N) is 1. The van der Waals surface area contributed by atoms with Gasteiger partial charge in [-0.1, -0.05) is 38.0 Å². The molecule has 0 bridgehead atoms. The smallest absolute Gasteiger partial charge is 0.0713 e. The minimum Gasteiger partial charge on any atom is -0.306 e. The second-order valence-electron chi connectivity index (χ2n) is 5.27. The third-order valence-corrected chi connectivity index (χ3v) is 3.94. The first-order valence-corrected chi connectivity index (χ1v) is 7.72. The fraction of sp³-hybridized carbons (Fsp3) is 0.588. The summed E-state index contributed by atoms with van der Waals surface area (Å²) in [5.74, 6) is 0. The van der Waals surface area contributed by atoms with E-state index in [-0.39, 0.29) is 0 Å². The van der Waals surface area contributed by atoms with Crippen LogP contribution in [0, 0.1) is 0 Å². The Kier molecular flexibility index (Phi) is 5.59. The van der Waals surface area contributed by atoms with Crippen LogP contribution in [0.3, 0.4) is 0 Å². The van der Waals surface area contributed by atoms with Crippen LogP contribution < -0.4 is 5.32 Å². The highest BCUT2D eigenvalue weighted by atomic mass is 14.9. The van der Waals surface area contributed by atoms with Gasteiger partial charge in [-0.25, -0.2) is 0 Å². The van der Waals surface area contributed by atoms with Gasteiger partial charge in [-0.15, -0.1) is 0 Å². The van der Waals surface area contributed by atoms with E-state index < -0.39 is 0 Å². The average molecular weight is 258 g/mol. The first kappa shape index (κ1) is 14.3. The Balaban J connectivity index is 2.30. The van der Waals surface area contributed by atoms with Gasteiger partial charge in [-0.3, -0.25) is 4.98 Å². The summed E-state index contributed by atoms with van der Waals surface area (Å²) in [7, 11) is 0. The number of hydrogen-bond acceptors (Lipinski definition) is 2. The van der Waals surface area contributed by atoms with Gasteiger partial charge in [-0.05, 0) is 50.3 Å². The number of pyridine rings is 1. The molecule has 0 fully saturated rings. The van der Waals surface area contributed by atoms with Gasteiger partial charge in [0.05, 0.1) is 11.7 Å². The maximum atomic E-state index is 4.67. The lowest BCUT2D eigenvalue weighted by molar-refractivity contribution is 0.573. The highest BCUT2D eigenvalue weighted by Crippen LogP contribution is 2.30. The molecule has 1 unspecified atom stereocenters. The van der Waals surface area contributed by atoms with Crippen molar-refractivity contribution in [1.29, 1.82) is 0 Å². The standard InChI is InChI=1S/C17H26N2/c1-3-14-12-9-13-19-16(14)17(18-4-2)15-10-7-5-6-8-11-15/h9-10,12-13,17-18H,3-8,11H2,1-2H3. The molecule has 104 valence electrons. The van der Waals surface area contributed by atoms with Gasteiger partial charge in [0, 0.05) is 6.20 Å². The number of rotatable bonds is 5. The van der Waals surface area contributed by atoms with Crippen molar-refractivity contribution in [1.82, 2.24) is 10.3 Å². The number of aryl methyl sites for hydroxylation is 1. The van der Waals surface area contributed by atoms with E-state index in [1.165, 1.54) is 43.4 Å². The van der Waals surface area contributed by atoms with Crippen molar-refractivity contribution in [3.63, 3.8) is 0 Å². The molecule has 1 atom stereocenters. The molecule has 2 rings (SSSR count). The van der Waals surface area contributed by atoms with E-state index in [1.54, 1.807) is 5.57 Å². The second-order valence-corrected chi connectivity index (χ2v) is 5.27. The van der Waals surface area contributed by atoms with E-state index in [9.17, 15) is 0 Å². The zero-order valence-electron chi connectivity index (χ0n) is 12.3. The van der Waals surface area contributed by atoms with Crippen LogP contribution >= 0.6 is 0 Å². The Morgan fingerprint density at radius 2 is 2.16 bits per heavy atom. The van der Waals surface area contributed by atoms with Crippen LogP contribution in [-0.4, -0.2) is 11.5 Å². The molecule has 1 N–H and O–H groups in total. The van der Waals surface area contributed by atoms with E-state index in [0.29, 0.717) is 6.04 Å². The molecule has 1 aromatic rings. The van der Waals surface area contributed by atoms with Crippen LogP contribution in [0.4, 0.5) is 0 Å². The maximum Gasteiger partial charge on any atom is 0.0713 e. The fourth-order valence-electron chi connectivity index (χ4n) is 2.92. The Bertz CT molecular complexity index is 423. The average Bonchev–Trinajstić information content (AvgIpc) is 2.74. The SMILES string of the molecule is CCNC(C1=CCCCCC1)c1ncccc1CC. The lowest BCUT2D eigenvalue weighted by atomic mass is 9.95. The van der Waals surface area contributed by atoms with Gasteiger partial charge in [-0.2, -0.15) is 0 Å². The van der Waals surface area contributed by atoms with Gasteiger partial charge in [0.1, 0.15) is 0 Å². The lowest BCUT2D eigenvalue weighted by Crippen LogP contribution is -2.25. The Hall–Kier alpha value is -1.15. The molecule has 1 aliphatic rings. The monoisotopic (exact) mass is 258 g/mol. The largest absolute Gasteiger partial charge is 0.306 e. The minimum absolute atomic E-state index is 0.319. The summed E-state index contributed by atoms with van der Waals surface area (Å²) in [4.78, 5) is 4.67. The molecular weight excluding hydrogens is 232 g/mol. The van der Waals surface area contributed by atoms with E-state index in [4.69, 9.17) is 0 Å². The molecule has 0 saturated carbocycles. The number of aromatic nitrogens is 1. The summed E-state index contributed by atoms with van der Waals surface area (Å²) >= 11 is 0. The van der Waals surface area contributed by atoms with Crippen molar-refractivity contribution < 1.29 is 0 Å². The molecule has 0 saturated heterocycles. The molecule has 2 nitrogen and oxygen atoms in total. The van der Waals surface area contributed by atoms with Crippen molar-refractivity contribution in [2.45, 2.75) is 58.4 Å². The molecule has 19 heavy (non-hydrogen) atoms. The van der Waals surface area contributed by atoms with Crippen LogP contribution in [0.5, 0.6) is 0 Å². The summed E-state index contributed by atoms with van der Waals surface area (Å²) in [6.45, 7) is 5.38. The molecule has 2 heteroatoms. The summed E-state index contributed by atoms with van der Waals surface area (Å²) in [6.07, 6.45) is 11.9. The third kappa shape index (κ3) is 3.66. The number of hydrogen-bond donors (Lipinski definition) is 1. The minimum atomic E-state index is 0.319. The molecule has 0 aromatic carbocycles. The Morgan fingerprint density at radius 1 is 1.26 bits per heavy atom. The predicted molar refractivity (Wildman–Crippen MR) is 81.2 cm³/mol. The molecule has 1 aromatic heterocycles. The molecule has 0 spiro atoms. The molecule has 0 amide bonds. The summed E-state index contributed by atoms with van der Waals surface area (Å²) in [6, 6.07) is 4.58. The van der Waals surface area contributed by atoms with Gasteiger partial charge in [0.15, 0.2) is 0 Å². The molecule has 0 aliphatic heterocycles. The molecule has 1 aliphatic carbocycles. The van der Waals surface area contributed by atoms with Crippen molar-refractivity contribution in [3.8, 4) is 0 Å². The highest BCUT2D eigenvalue weighted by molar-refractivity contribution is 5.30. The van der Waals surface area contributed by atoms with Crippen LogP contribution in [0.2, 0.25) is 0 Å². The van der Waals surface area contributed by atoms with Gasteiger partial charge >= 0.3 is 0 Å². The van der Waals surface area contributed by atoms with Crippen molar-refractivity contribution >= 4 is 0 Å². The first-order valence-electron chi connectivity index (χ1n) is 7.72. The van der Waals surface area contributed by atoms with Crippen LogP contribution in [0.15, 0.2) is 30.0 Å².